The Morgan fingerprint density at radius 1 is 1.07 bits per heavy atom. The Hall–Kier alpha value is -1.79. The van der Waals surface area contributed by atoms with Crippen molar-refractivity contribution in [2.75, 3.05) is 44.6 Å². The first-order valence-corrected chi connectivity index (χ1v) is 10.2. The number of amides is 1. The number of carbonyl (C=O) groups excluding carboxylic acids is 1. The van der Waals surface area contributed by atoms with E-state index in [0.717, 1.165) is 38.5 Å². The van der Waals surface area contributed by atoms with Gasteiger partial charge in [-0.3, -0.25) is 14.6 Å². The normalized spacial score (nSPS) is 16.5. The van der Waals surface area contributed by atoms with Crippen molar-refractivity contribution in [3.8, 4) is 5.75 Å². The summed E-state index contributed by atoms with van der Waals surface area (Å²) in [6.45, 7) is 6.95. The van der Waals surface area contributed by atoms with Crippen molar-refractivity contribution in [2.24, 2.45) is 0 Å². The second-order valence-corrected chi connectivity index (χ2v) is 7.59. The molecule has 1 fully saturated rings. The van der Waals surface area contributed by atoms with Gasteiger partial charge in [-0.15, -0.1) is 0 Å². The van der Waals surface area contributed by atoms with Crippen LogP contribution in [0.2, 0.25) is 10.0 Å². The first-order valence-electron chi connectivity index (χ1n) is 9.43. The van der Waals surface area contributed by atoms with Crippen molar-refractivity contribution >= 4 is 34.8 Å². The minimum atomic E-state index is -0.238. The zero-order valence-electron chi connectivity index (χ0n) is 15.9. The number of nitrogens with zero attached hydrogens (tertiary/aromatic N) is 2. The van der Waals surface area contributed by atoms with E-state index in [9.17, 15) is 4.79 Å². The highest BCUT2D eigenvalue weighted by Gasteiger charge is 2.26. The van der Waals surface area contributed by atoms with E-state index in [1.807, 2.05) is 37.3 Å². The van der Waals surface area contributed by atoms with Crippen LogP contribution in [-0.4, -0.2) is 61.1 Å². The Bertz CT molecular complexity index is 780. The van der Waals surface area contributed by atoms with Crippen LogP contribution < -0.4 is 10.1 Å². The molecule has 0 bridgehead atoms. The molecule has 7 heteroatoms. The minimum absolute atomic E-state index is 0.0787. The zero-order chi connectivity index (χ0) is 19.9. The topological polar surface area (TPSA) is 44.8 Å². The van der Waals surface area contributed by atoms with Crippen molar-refractivity contribution in [1.29, 1.82) is 0 Å². The number of carbonyl (C=O) groups is 1. The maximum Gasteiger partial charge on any atom is 0.241 e. The summed E-state index contributed by atoms with van der Waals surface area (Å²) < 4.78 is 5.77. The summed E-state index contributed by atoms with van der Waals surface area (Å²) in [4.78, 5) is 17.1. The molecule has 150 valence electrons. The van der Waals surface area contributed by atoms with E-state index in [2.05, 4.69) is 15.1 Å². The van der Waals surface area contributed by atoms with Crippen LogP contribution in [0.4, 0.5) is 5.69 Å². The fraction of sp³-hybridized carbons (Fsp3) is 0.381. The van der Waals surface area contributed by atoms with Crippen molar-refractivity contribution in [1.82, 2.24) is 9.80 Å². The van der Waals surface area contributed by atoms with Crippen LogP contribution in [0.1, 0.15) is 6.92 Å². The molecule has 1 heterocycles. The minimum Gasteiger partial charge on any atom is -0.492 e. The summed E-state index contributed by atoms with van der Waals surface area (Å²) in [6, 6.07) is 14.8. The van der Waals surface area contributed by atoms with Gasteiger partial charge in [-0.05, 0) is 31.2 Å². The van der Waals surface area contributed by atoms with Crippen LogP contribution >= 0.6 is 23.2 Å². The van der Waals surface area contributed by atoms with Crippen LogP contribution in [0, 0.1) is 0 Å². The smallest absolute Gasteiger partial charge is 0.241 e. The predicted octanol–water partition coefficient (Wildman–Crippen LogP) is 4.02. The molecule has 0 radical (unpaired) electrons. The van der Waals surface area contributed by atoms with Gasteiger partial charge in [0, 0.05) is 32.7 Å². The van der Waals surface area contributed by atoms with E-state index in [4.69, 9.17) is 27.9 Å². The molecule has 1 unspecified atom stereocenters. The molecule has 5 nitrogen and oxygen atoms in total. The number of hydrogen-bond acceptors (Lipinski definition) is 4. The molecule has 0 aliphatic carbocycles. The van der Waals surface area contributed by atoms with E-state index < -0.39 is 0 Å². The van der Waals surface area contributed by atoms with Crippen molar-refractivity contribution < 1.29 is 9.53 Å². The molecule has 2 aromatic carbocycles. The number of para-hydroxylation sites is 1. The quantitative estimate of drug-likeness (QED) is 0.732. The number of halogens is 2. The first-order chi connectivity index (χ1) is 13.5. The van der Waals surface area contributed by atoms with Crippen LogP contribution in [-0.2, 0) is 4.79 Å². The van der Waals surface area contributed by atoms with E-state index in [1.165, 1.54) is 0 Å². The summed E-state index contributed by atoms with van der Waals surface area (Å²) in [5.74, 6) is 0.816. The molecule has 1 aliphatic rings. The highest BCUT2D eigenvalue weighted by molar-refractivity contribution is 6.44. The van der Waals surface area contributed by atoms with Gasteiger partial charge in [0.25, 0.3) is 0 Å². The summed E-state index contributed by atoms with van der Waals surface area (Å²) in [5.41, 5.74) is 0.544. The summed E-state index contributed by atoms with van der Waals surface area (Å²) in [7, 11) is 0. The molecule has 0 spiro atoms. The van der Waals surface area contributed by atoms with Gasteiger partial charge >= 0.3 is 0 Å². The molecule has 1 atom stereocenters. The molecule has 1 amide bonds. The Labute approximate surface area is 176 Å². The largest absolute Gasteiger partial charge is 0.492 e. The third kappa shape index (κ3) is 5.61. The van der Waals surface area contributed by atoms with Crippen LogP contribution in [0.3, 0.4) is 0 Å². The number of rotatable bonds is 7. The lowest BCUT2D eigenvalue weighted by molar-refractivity contribution is -0.121. The molecule has 0 saturated carbocycles. The highest BCUT2D eigenvalue weighted by Crippen LogP contribution is 2.29. The standard InChI is InChI=1S/C21H25Cl2N3O2/c1-16(21(27)24-19-9-5-8-18(22)20(19)23)26-12-10-25(11-13-26)14-15-28-17-6-3-2-4-7-17/h2-9,16H,10-15H2,1H3,(H,24,27). The number of nitrogens with one attached hydrogen (secondary N) is 1. The van der Waals surface area contributed by atoms with Crippen molar-refractivity contribution in [3.05, 3.63) is 58.6 Å². The van der Waals surface area contributed by atoms with E-state index in [-0.39, 0.29) is 11.9 Å². The number of ether oxygens (including phenoxy) is 1. The van der Waals surface area contributed by atoms with Gasteiger partial charge in [0.1, 0.15) is 12.4 Å². The first kappa shape index (κ1) is 20.9. The number of piperazine rings is 1. The molecular formula is C21H25Cl2N3O2. The fourth-order valence-electron chi connectivity index (χ4n) is 3.19. The van der Waals surface area contributed by atoms with Gasteiger partial charge in [0.15, 0.2) is 0 Å². The maximum atomic E-state index is 12.6. The molecule has 28 heavy (non-hydrogen) atoms. The van der Waals surface area contributed by atoms with Gasteiger partial charge < -0.3 is 10.1 Å². The highest BCUT2D eigenvalue weighted by atomic mass is 35.5. The number of hydrogen-bond donors (Lipinski definition) is 1. The van der Waals surface area contributed by atoms with Crippen LogP contribution in [0.25, 0.3) is 0 Å². The average molecular weight is 422 g/mol. The van der Waals surface area contributed by atoms with Gasteiger partial charge in [0.2, 0.25) is 5.91 Å². The van der Waals surface area contributed by atoms with Crippen LogP contribution in [0.5, 0.6) is 5.75 Å². The Kier molecular flexibility index (Phi) is 7.57. The Morgan fingerprint density at radius 3 is 2.50 bits per heavy atom. The van der Waals surface area contributed by atoms with Gasteiger partial charge in [0.05, 0.1) is 21.8 Å². The molecule has 2 aromatic rings. The van der Waals surface area contributed by atoms with Gasteiger partial charge in [-0.1, -0.05) is 47.5 Å². The third-order valence-corrected chi connectivity index (χ3v) is 5.78. The lowest BCUT2D eigenvalue weighted by Gasteiger charge is -2.37. The number of benzene rings is 2. The fourth-order valence-corrected chi connectivity index (χ4v) is 3.53. The second-order valence-electron chi connectivity index (χ2n) is 6.81. The predicted molar refractivity (Wildman–Crippen MR) is 115 cm³/mol. The summed E-state index contributed by atoms with van der Waals surface area (Å²) >= 11 is 12.2. The summed E-state index contributed by atoms with van der Waals surface area (Å²) in [6.07, 6.45) is 0. The Morgan fingerprint density at radius 2 is 1.79 bits per heavy atom. The van der Waals surface area contributed by atoms with Gasteiger partial charge in [-0.2, -0.15) is 0 Å². The second kappa shape index (κ2) is 10.1. The molecule has 1 N–H and O–H groups in total. The molecular weight excluding hydrogens is 397 g/mol. The molecule has 1 saturated heterocycles. The Balaban J connectivity index is 1.42. The van der Waals surface area contributed by atoms with Crippen LogP contribution in [0.15, 0.2) is 48.5 Å². The average Bonchev–Trinajstić information content (AvgIpc) is 2.72. The van der Waals surface area contributed by atoms with E-state index in [1.54, 1.807) is 18.2 Å². The molecule has 3 rings (SSSR count). The lowest BCUT2D eigenvalue weighted by Crippen LogP contribution is -2.53. The molecule has 1 aliphatic heterocycles. The number of anilines is 1. The van der Waals surface area contributed by atoms with E-state index in [0.29, 0.717) is 22.3 Å². The zero-order valence-corrected chi connectivity index (χ0v) is 17.4. The molecule has 0 aromatic heterocycles. The monoisotopic (exact) mass is 421 g/mol. The van der Waals surface area contributed by atoms with E-state index >= 15 is 0 Å². The lowest BCUT2D eigenvalue weighted by atomic mass is 10.2. The third-order valence-electron chi connectivity index (χ3n) is 4.96. The van der Waals surface area contributed by atoms with Crippen molar-refractivity contribution in [2.45, 2.75) is 13.0 Å². The van der Waals surface area contributed by atoms with Crippen molar-refractivity contribution in [3.63, 3.8) is 0 Å². The van der Waals surface area contributed by atoms with Gasteiger partial charge in [-0.25, -0.2) is 0 Å². The SMILES string of the molecule is CC(C(=O)Nc1cccc(Cl)c1Cl)N1CCN(CCOc2ccccc2)CC1. The maximum absolute atomic E-state index is 12.6. The summed E-state index contributed by atoms with van der Waals surface area (Å²) in [5, 5.41) is 3.68.